The molecule has 20 heavy (non-hydrogen) atoms. The van der Waals surface area contributed by atoms with Gasteiger partial charge in [-0.25, -0.2) is 0 Å². The molecule has 104 valence electrons. The normalized spacial score (nSPS) is 17.6. The standard InChI is InChI=1S/C15H13Cl2NOS/c16-12-5-10(6-13(17)15(12)19)18-14-8-20-7-9-3-1-2-4-11(9)14/h1-6,14,18-19H,7-8H2. The van der Waals surface area contributed by atoms with Crippen molar-refractivity contribution in [3.63, 3.8) is 0 Å². The van der Waals surface area contributed by atoms with Gasteiger partial charge in [0.1, 0.15) is 0 Å². The summed E-state index contributed by atoms with van der Waals surface area (Å²) in [5, 5.41) is 13.6. The van der Waals surface area contributed by atoms with E-state index in [0.717, 1.165) is 17.2 Å². The molecule has 0 amide bonds. The van der Waals surface area contributed by atoms with Gasteiger partial charge < -0.3 is 10.4 Å². The second kappa shape index (κ2) is 5.76. The number of halogens is 2. The largest absolute Gasteiger partial charge is 0.505 e. The molecule has 0 saturated carbocycles. The molecule has 3 rings (SSSR count). The van der Waals surface area contributed by atoms with Crippen molar-refractivity contribution in [2.24, 2.45) is 0 Å². The lowest BCUT2D eigenvalue weighted by molar-refractivity contribution is 0.476. The van der Waals surface area contributed by atoms with Gasteiger partial charge in [-0.3, -0.25) is 0 Å². The van der Waals surface area contributed by atoms with E-state index >= 15 is 0 Å². The van der Waals surface area contributed by atoms with Crippen LogP contribution in [0.4, 0.5) is 5.69 Å². The number of nitrogens with one attached hydrogen (secondary N) is 1. The summed E-state index contributed by atoms with van der Waals surface area (Å²) >= 11 is 13.8. The molecular weight excluding hydrogens is 313 g/mol. The van der Waals surface area contributed by atoms with E-state index in [1.807, 2.05) is 11.8 Å². The number of phenolic OH excluding ortho intramolecular Hbond substituents is 1. The highest BCUT2D eigenvalue weighted by Gasteiger charge is 2.20. The van der Waals surface area contributed by atoms with Gasteiger partial charge in [0.05, 0.1) is 16.1 Å². The minimum Gasteiger partial charge on any atom is -0.505 e. The highest BCUT2D eigenvalue weighted by Crippen LogP contribution is 2.38. The molecule has 2 aromatic carbocycles. The zero-order valence-electron chi connectivity index (χ0n) is 10.6. The van der Waals surface area contributed by atoms with Gasteiger partial charge in [-0.15, -0.1) is 0 Å². The van der Waals surface area contributed by atoms with Crippen LogP contribution in [0.1, 0.15) is 17.2 Å². The smallest absolute Gasteiger partial charge is 0.152 e. The van der Waals surface area contributed by atoms with E-state index in [1.54, 1.807) is 12.1 Å². The third-order valence-corrected chi connectivity index (χ3v) is 4.99. The summed E-state index contributed by atoms with van der Waals surface area (Å²) in [6.45, 7) is 0. The lowest BCUT2D eigenvalue weighted by Crippen LogP contribution is -2.18. The summed E-state index contributed by atoms with van der Waals surface area (Å²) < 4.78 is 0. The molecule has 2 N–H and O–H groups in total. The van der Waals surface area contributed by atoms with Crippen molar-refractivity contribution < 1.29 is 5.11 Å². The first kappa shape index (κ1) is 13.9. The number of phenols is 1. The molecule has 0 aliphatic carbocycles. The molecule has 1 unspecified atom stereocenters. The molecule has 1 aliphatic rings. The predicted molar refractivity (Wildman–Crippen MR) is 87.1 cm³/mol. The second-order valence-electron chi connectivity index (χ2n) is 4.70. The molecule has 1 atom stereocenters. The molecule has 5 heteroatoms. The third-order valence-electron chi connectivity index (χ3n) is 3.33. The quantitative estimate of drug-likeness (QED) is 0.753. The van der Waals surface area contributed by atoms with E-state index in [0.29, 0.717) is 0 Å². The van der Waals surface area contributed by atoms with Crippen LogP contribution in [-0.4, -0.2) is 10.9 Å². The number of hydrogen-bond acceptors (Lipinski definition) is 3. The van der Waals surface area contributed by atoms with Gasteiger partial charge in [-0.2, -0.15) is 11.8 Å². The average Bonchev–Trinajstić information content (AvgIpc) is 2.45. The van der Waals surface area contributed by atoms with Crippen LogP contribution in [0.25, 0.3) is 0 Å². The first-order valence-electron chi connectivity index (χ1n) is 6.25. The summed E-state index contributed by atoms with van der Waals surface area (Å²) in [7, 11) is 0. The summed E-state index contributed by atoms with van der Waals surface area (Å²) in [5.41, 5.74) is 3.49. The van der Waals surface area contributed by atoms with Crippen molar-refractivity contribution in [2.75, 3.05) is 11.1 Å². The number of aromatic hydroxyl groups is 1. The maximum absolute atomic E-state index is 9.60. The van der Waals surface area contributed by atoms with Gasteiger partial charge in [-0.1, -0.05) is 47.5 Å². The molecule has 0 radical (unpaired) electrons. The number of anilines is 1. The molecule has 2 aromatic rings. The fraction of sp³-hybridized carbons (Fsp3) is 0.200. The summed E-state index contributed by atoms with van der Waals surface area (Å²) in [6.07, 6.45) is 0. The van der Waals surface area contributed by atoms with Crippen molar-refractivity contribution in [2.45, 2.75) is 11.8 Å². The minimum atomic E-state index is -0.0719. The maximum Gasteiger partial charge on any atom is 0.152 e. The van der Waals surface area contributed by atoms with Gasteiger partial charge in [0.15, 0.2) is 5.75 Å². The van der Waals surface area contributed by atoms with Gasteiger partial charge in [-0.05, 0) is 23.3 Å². The zero-order chi connectivity index (χ0) is 14.1. The summed E-state index contributed by atoms with van der Waals surface area (Å²) in [6, 6.07) is 12.1. The summed E-state index contributed by atoms with van der Waals surface area (Å²) in [5.74, 6) is 1.97. The summed E-state index contributed by atoms with van der Waals surface area (Å²) in [4.78, 5) is 0. The van der Waals surface area contributed by atoms with E-state index < -0.39 is 0 Å². The Labute approximate surface area is 132 Å². The Morgan fingerprint density at radius 3 is 2.60 bits per heavy atom. The van der Waals surface area contributed by atoms with E-state index in [2.05, 4.69) is 29.6 Å². The molecule has 0 aromatic heterocycles. The number of hydrogen-bond donors (Lipinski definition) is 2. The van der Waals surface area contributed by atoms with E-state index in [-0.39, 0.29) is 21.8 Å². The zero-order valence-corrected chi connectivity index (χ0v) is 12.9. The SMILES string of the molecule is Oc1c(Cl)cc(NC2CSCc3ccccc32)cc1Cl. The maximum atomic E-state index is 9.60. The molecule has 1 aliphatic heterocycles. The fourth-order valence-electron chi connectivity index (χ4n) is 2.35. The Balaban J connectivity index is 1.89. The fourth-order valence-corrected chi connectivity index (χ4v) is 3.94. The van der Waals surface area contributed by atoms with Crippen molar-refractivity contribution in [1.82, 2.24) is 0 Å². The molecule has 2 nitrogen and oxygen atoms in total. The van der Waals surface area contributed by atoms with Gasteiger partial charge >= 0.3 is 0 Å². The van der Waals surface area contributed by atoms with Crippen LogP contribution in [0.5, 0.6) is 5.75 Å². The molecule has 0 fully saturated rings. The van der Waals surface area contributed by atoms with Crippen molar-refractivity contribution in [1.29, 1.82) is 0 Å². The Morgan fingerprint density at radius 1 is 1.15 bits per heavy atom. The van der Waals surface area contributed by atoms with Crippen molar-refractivity contribution >= 4 is 40.7 Å². The van der Waals surface area contributed by atoms with Gasteiger partial charge in [0.25, 0.3) is 0 Å². The highest BCUT2D eigenvalue weighted by atomic mass is 35.5. The Hall–Kier alpha value is -1.03. The number of benzene rings is 2. The number of fused-ring (bicyclic) bond motifs is 1. The molecule has 0 saturated heterocycles. The van der Waals surface area contributed by atoms with Crippen LogP contribution < -0.4 is 5.32 Å². The van der Waals surface area contributed by atoms with Crippen molar-refractivity contribution in [3.05, 3.63) is 57.6 Å². The van der Waals surface area contributed by atoms with Crippen LogP contribution in [0.2, 0.25) is 10.0 Å². The first-order valence-corrected chi connectivity index (χ1v) is 8.16. The van der Waals surface area contributed by atoms with E-state index in [1.165, 1.54) is 11.1 Å². The number of rotatable bonds is 2. The topological polar surface area (TPSA) is 32.3 Å². The second-order valence-corrected chi connectivity index (χ2v) is 6.54. The van der Waals surface area contributed by atoms with Gasteiger partial charge in [0.2, 0.25) is 0 Å². The van der Waals surface area contributed by atoms with Crippen LogP contribution >= 0.6 is 35.0 Å². The molecular formula is C15H13Cl2NOS. The van der Waals surface area contributed by atoms with E-state index in [4.69, 9.17) is 23.2 Å². The Kier molecular flexibility index (Phi) is 4.01. The Morgan fingerprint density at radius 2 is 1.85 bits per heavy atom. The van der Waals surface area contributed by atoms with Crippen LogP contribution in [-0.2, 0) is 5.75 Å². The minimum absolute atomic E-state index is 0.0719. The monoisotopic (exact) mass is 325 g/mol. The third kappa shape index (κ3) is 2.71. The molecule has 0 bridgehead atoms. The van der Waals surface area contributed by atoms with Crippen LogP contribution in [0.15, 0.2) is 36.4 Å². The average molecular weight is 326 g/mol. The molecule has 0 spiro atoms. The first-order chi connectivity index (χ1) is 9.65. The lowest BCUT2D eigenvalue weighted by atomic mass is 10.0. The van der Waals surface area contributed by atoms with E-state index in [9.17, 15) is 5.11 Å². The van der Waals surface area contributed by atoms with Gasteiger partial charge in [0, 0.05) is 17.2 Å². The lowest BCUT2D eigenvalue weighted by Gasteiger charge is -2.27. The Bertz CT molecular complexity index is 625. The van der Waals surface area contributed by atoms with Crippen LogP contribution in [0.3, 0.4) is 0 Å². The highest BCUT2D eigenvalue weighted by molar-refractivity contribution is 7.98. The van der Waals surface area contributed by atoms with Crippen LogP contribution in [0, 0.1) is 0 Å². The molecule has 1 heterocycles. The van der Waals surface area contributed by atoms with Crippen molar-refractivity contribution in [3.8, 4) is 5.75 Å². The number of thioether (sulfide) groups is 1. The predicted octanol–water partition coefficient (Wildman–Crippen LogP) is 5.10.